The van der Waals surface area contributed by atoms with Gasteiger partial charge in [0.25, 0.3) is 0 Å². The lowest BCUT2D eigenvalue weighted by molar-refractivity contribution is 0.412. The maximum absolute atomic E-state index is 11.5. The lowest BCUT2D eigenvalue weighted by Crippen LogP contribution is -2.33. The summed E-state index contributed by atoms with van der Waals surface area (Å²) in [4.78, 5) is 9.76. The highest BCUT2D eigenvalue weighted by Gasteiger charge is 2.32. The Morgan fingerprint density at radius 2 is 2.22 bits per heavy atom. The molecule has 2 rings (SSSR count). The molecule has 1 saturated heterocycles. The van der Waals surface area contributed by atoms with E-state index in [1.807, 2.05) is 0 Å². The Labute approximate surface area is 106 Å². The summed E-state index contributed by atoms with van der Waals surface area (Å²) in [6.07, 6.45) is 1.93. The molecule has 18 heavy (non-hydrogen) atoms. The number of ether oxygens (including phenoxy) is 1. The SMILES string of the molecule is COc1c(N)ncnc1N(C)C1CCS(=O)(=O)C1. The molecular formula is C10H16N4O3S. The molecule has 2 N–H and O–H groups in total. The van der Waals surface area contributed by atoms with E-state index in [0.29, 0.717) is 18.0 Å². The van der Waals surface area contributed by atoms with E-state index in [-0.39, 0.29) is 23.4 Å². The van der Waals surface area contributed by atoms with Crippen molar-refractivity contribution in [2.45, 2.75) is 12.5 Å². The van der Waals surface area contributed by atoms with Gasteiger partial charge in [-0.3, -0.25) is 0 Å². The molecule has 1 unspecified atom stereocenters. The first-order valence-corrected chi connectivity index (χ1v) is 7.34. The van der Waals surface area contributed by atoms with Crippen LogP contribution in [0.3, 0.4) is 0 Å². The number of nitrogens with two attached hydrogens (primary N) is 1. The average molecular weight is 272 g/mol. The van der Waals surface area contributed by atoms with Crippen LogP contribution in [0.15, 0.2) is 6.33 Å². The second-order valence-corrected chi connectivity index (χ2v) is 6.51. The van der Waals surface area contributed by atoms with Crippen molar-refractivity contribution in [1.29, 1.82) is 0 Å². The minimum Gasteiger partial charge on any atom is -0.490 e. The molecule has 1 aliphatic heterocycles. The number of sulfone groups is 1. The zero-order chi connectivity index (χ0) is 13.3. The quantitative estimate of drug-likeness (QED) is 0.805. The van der Waals surface area contributed by atoms with Gasteiger partial charge in [0, 0.05) is 13.1 Å². The summed E-state index contributed by atoms with van der Waals surface area (Å²) in [6, 6.07) is -0.0989. The van der Waals surface area contributed by atoms with Crippen molar-refractivity contribution in [3.63, 3.8) is 0 Å². The maximum atomic E-state index is 11.5. The fourth-order valence-corrected chi connectivity index (χ4v) is 3.85. The number of methoxy groups -OCH3 is 1. The van der Waals surface area contributed by atoms with Gasteiger partial charge in [-0.2, -0.15) is 0 Å². The molecule has 0 aromatic carbocycles. The van der Waals surface area contributed by atoms with E-state index in [1.54, 1.807) is 11.9 Å². The normalized spacial score (nSPS) is 21.8. The lowest BCUT2D eigenvalue weighted by atomic mass is 10.2. The van der Waals surface area contributed by atoms with Gasteiger partial charge in [0.1, 0.15) is 6.33 Å². The van der Waals surface area contributed by atoms with E-state index in [0.717, 1.165) is 0 Å². The van der Waals surface area contributed by atoms with Crippen molar-refractivity contribution >= 4 is 21.5 Å². The van der Waals surface area contributed by atoms with E-state index in [9.17, 15) is 8.42 Å². The second-order valence-electron chi connectivity index (χ2n) is 4.28. The first kappa shape index (κ1) is 12.9. The van der Waals surface area contributed by atoms with Crippen molar-refractivity contribution in [2.24, 2.45) is 0 Å². The minimum atomic E-state index is -2.94. The number of nitrogens with zero attached hydrogens (tertiary/aromatic N) is 3. The van der Waals surface area contributed by atoms with Crippen LogP contribution >= 0.6 is 0 Å². The summed E-state index contributed by atoms with van der Waals surface area (Å²) in [5.74, 6) is 1.49. The molecule has 7 nitrogen and oxygen atoms in total. The largest absolute Gasteiger partial charge is 0.490 e. The van der Waals surface area contributed by atoms with Crippen molar-refractivity contribution in [3.05, 3.63) is 6.33 Å². The summed E-state index contributed by atoms with van der Waals surface area (Å²) in [5, 5.41) is 0. The highest BCUT2D eigenvalue weighted by Crippen LogP contribution is 2.32. The summed E-state index contributed by atoms with van der Waals surface area (Å²) in [6.45, 7) is 0. The molecule has 0 aliphatic carbocycles. The zero-order valence-electron chi connectivity index (χ0n) is 10.3. The van der Waals surface area contributed by atoms with E-state index in [4.69, 9.17) is 10.5 Å². The van der Waals surface area contributed by atoms with Gasteiger partial charge < -0.3 is 15.4 Å². The molecule has 1 aromatic heterocycles. The number of nitrogen functional groups attached to an aromatic ring is 1. The first-order chi connectivity index (χ1) is 8.44. The highest BCUT2D eigenvalue weighted by molar-refractivity contribution is 7.91. The summed E-state index contributed by atoms with van der Waals surface area (Å²) in [7, 11) is 0.336. The predicted octanol–water partition coefficient (Wildman–Crippen LogP) is -0.309. The Morgan fingerprint density at radius 1 is 1.50 bits per heavy atom. The Bertz CT molecular complexity index is 546. The maximum Gasteiger partial charge on any atom is 0.204 e. The van der Waals surface area contributed by atoms with Crippen LogP contribution < -0.4 is 15.4 Å². The average Bonchev–Trinajstić information content (AvgIpc) is 2.68. The van der Waals surface area contributed by atoms with Gasteiger partial charge in [-0.25, -0.2) is 18.4 Å². The Kier molecular flexibility index (Phi) is 3.29. The minimum absolute atomic E-state index is 0.0989. The Balaban J connectivity index is 2.29. The fraction of sp³-hybridized carbons (Fsp3) is 0.600. The highest BCUT2D eigenvalue weighted by atomic mass is 32.2. The van der Waals surface area contributed by atoms with Crippen LogP contribution in [0.25, 0.3) is 0 Å². The van der Waals surface area contributed by atoms with Crippen LogP contribution in [0, 0.1) is 0 Å². The summed E-state index contributed by atoms with van der Waals surface area (Å²) < 4.78 is 28.1. The van der Waals surface area contributed by atoms with Crippen LogP contribution in [0.5, 0.6) is 5.75 Å². The third kappa shape index (κ3) is 2.33. The molecule has 0 spiro atoms. The monoisotopic (exact) mass is 272 g/mol. The summed E-state index contributed by atoms with van der Waals surface area (Å²) >= 11 is 0. The molecule has 1 atom stereocenters. The molecule has 100 valence electrons. The van der Waals surface area contributed by atoms with E-state index in [2.05, 4.69) is 9.97 Å². The molecular weight excluding hydrogens is 256 g/mol. The molecule has 1 aliphatic rings. The molecule has 1 fully saturated rings. The number of rotatable bonds is 3. The fourth-order valence-electron chi connectivity index (χ4n) is 2.08. The van der Waals surface area contributed by atoms with Gasteiger partial charge in [-0.1, -0.05) is 0 Å². The second kappa shape index (κ2) is 4.60. The van der Waals surface area contributed by atoms with Gasteiger partial charge in [-0.05, 0) is 6.42 Å². The van der Waals surface area contributed by atoms with Gasteiger partial charge in [-0.15, -0.1) is 0 Å². The van der Waals surface area contributed by atoms with Crippen LogP contribution in [-0.2, 0) is 9.84 Å². The summed E-state index contributed by atoms with van der Waals surface area (Å²) in [5.41, 5.74) is 5.70. The number of anilines is 2. The Morgan fingerprint density at radius 3 is 2.78 bits per heavy atom. The van der Waals surface area contributed by atoms with Crippen molar-refractivity contribution in [1.82, 2.24) is 9.97 Å². The first-order valence-electron chi connectivity index (χ1n) is 5.52. The predicted molar refractivity (Wildman–Crippen MR) is 68.5 cm³/mol. The number of hydrogen-bond acceptors (Lipinski definition) is 7. The molecule has 0 bridgehead atoms. The van der Waals surface area contributed by atoms with E-state index in [1.165, 1.54) is 13.4 Å². The third-order valence-corrected chi connectivity index (χ3v) is 4.86. The van der Waals surface area contributed by atoms with E-state index < -0.39 is 9.84 Å². The molecule has 0 saturated carbocycles. The Hall–Kier alpha value is -1.57. The van der Waals surface area contributed by atoms with Crippen molar-refractivity contribution < 1.29 is 13.2 Å². The number of hydrogen-bond donors (Lipinski definition) is 1. The molecule has 8 heteroatoms. The van der Waals surface area contributed by atoms with Crippen LogP contribution in [0.4, 0.5) is 11.6 Å². The smallest absolute Gasteiger partial charge is 0.204 e. The standard InChI is InChI=1S/C10H16N4O3S/c1-14(7-3-4-18(15,16)5-7)10-8(17-2)9(11)12-6-13-10/h6-7H,3-5H2,1-2H3,(H2,11,12,13). The van der Waals surface area contributed by atoms with Crippen molar-refractivity contribution in [2.75, 3.05) is 36.3 Å². The number of aromatic nitrogens is 2. The molecule has 0 radical (unpaired) electrons. The van der Waals surface area contributed by atoms with Gasteiger partial charge in [0.15, 0.2) is 21.5 Å². The van der Waals surface area contributed by atoms with Crippen LogP contribution in [-0.4, -0.2) is 50.1 Å². The molecule has 2 heterocycles. The zero-order valence-corrected chi connectivity index (χ0v) is 11.1. The molecule has 1 aromatic rings. The van der Waals surface area contributed by atoms with Crippen LogP contribution in [0.1, 0.15) is 6.42 Å². The topological polar surface area (TPSA) is 98.4 Å². The van der Waals surface area contributed by atoms with Gasteiger partial charge in [0.2, 0.25) is 5.75 Å². The van der Waals surface area contributed by atoms with Gasteiger partial charge >= 0.3 is 0 Å². The van der Waals surface area contributed by atoms with Gasteiger partial charge in [0.05, 0.1) is 18.6 Å². The lowest BCUT2D eigenvalue weighted by Gasteiger charge is -2.25. The van der Waals surface area contributed by atoms with Crippen LogP contribution in [0.2, 0.25) is 0 Å². The third-order valence-electron chi connectivity index (χ3n) is 3.11. The van der Waals surface area contributed by atoms with Crippen molar-refractivity contribution in [3.8, 4) is 5.75 Å². The molecule has 0 amide bonds. The van der Waals surface area contributed by atoms with E-state index >= 15 is 0 Å².